The van der Waals surface area contributed by atoms with E-state index in [9.17, 15) is 9.59 Å². The first kappa shape index (κ1) is 26.4. The summed E-state index contributed by atoms with van der Waals surface area (Å²) in [4.78, 5) is 34.9. The smallest absolute Gasteiger partial charge is 0.330 e. The van der Waals surface area contributed by atoms with E-state index in [1.54, 1.807) is 16.9 Å². The molecule has 2 aromatic rings. The summed E-state index contributed by atoms with van der Waals surface area (Å²) in [6, 6.07) is 12.7. The van der Waals surface area contributed by atoms with Crippen LogP contribution in [0.1, 0.15) is 50.4 Å². The summed E-state index contributed by atoms with van der Waals surface area (Å²) < 4.78 is 11.7. The summed E-state index contributed by atoms with van der Waals surface area (Å²) in [6.45, 7) is 9.77. The summed E-state index contributed by atoms with van der Waals surface area (Å²) >= 11 is 6.90. The van der Waals surface area contributed by atoms with Crippen LogP contribution in [0.5, 0.6) is 11.5 Å². The SMILES string of the molecule is COc1ccc(C2=N[C@@H](c3ccc(C)cc3)[C@@H]3N2C(=O)N2CC(=O)NC4=C2C3(C)C=CC4(C)Cl)c(OC(C)C)c1. The van der Waals surface area contributed by atoms with E-state index >= 15 is 0 Å². The van der Waals surface area contributed by atoms with Crippen LogP contribution >= 0.6 is 11.6 Å². The molecule has 3 heterocycles. The zero-order valence-electron chi connectivity index (χ0n) is 23.5. The predicted molar refractivity (Wildman–Crippen MR) is 154 cm³/mol. The molecular weight excluding hydrogens is 528 g/mol. The lowest BCUT2D eigenvalue weighted by molar-refractivity contribution is -0.122. The molecule has 1 aliphatic carbocycles. The van der Waals surface area contributed by atoms with Crippen LogP contribution in [0.15, 0.2) is 71.0 Å². The first-order valence-corrected chi connectivity index (χ1v) is 13.9. The van der Waals surface area contributed by atoms with Gasteiger partial charge in [0.1, 0.15) is 28.8 Å². The third-order valence-corrected chi connectivity index (χ3v) is 8.46. The number of aliphatic imine (C=N–C) groups is 1. The Kier molecular flexibility index (Phi) is 6.03. The molecular formula is C31H33ClN4O4. The van der Waals surface area contributed by atoms with Gasteiger partial charge >= 0.3 is 6.03 Å². The number of allylic oxidation sites excluding steroid dienone is 1. The Hall–Kier alpha value is -3.78. The van der Waals surface area contributed by atoms with Crippen molar-refractivity contribution in [3.63, 3.8) is 0 Å². The van der Waals surface area contributed by atoms with Crippen molar-refractivity contribution < 1.29 is 19.1 Å². The molecule has 2 unspecified atom stereocenters. The van der Waals surface area contributed by atoms with Crippen molar-refractivity contribution >= 4 is 29.4 Å². The second kappa shape index (κ2) is 9.13. The van der Waals surface area contributed by atoms with Gasteiger partial charge in [0.25, 0.3) is 0 Å². The van der Waals surface area contributed by atoms with Crippen LogP contribution in [0.2, 0.25) is 0 Å². The van der Waals surface area contributed by atoms with Crippen LogP contribution in [-0.2, 0) is 4.79 Å². The molecule has 3 aliphatic heterocycles. The molecule has 40 heavy (non-hydrogen) atoms. The fourth-order valence-electron chi connectivity index (χ4n) is 6.26. The number of ether oxygens (including phenoxy) is 2. The molecule has 0 aromatic heterocycles. The highest BCUT2D eigenvalue weighted by molar-refractivity contribution is 6.27. The number of methoxy groups -OCH3 is 1. The third-order valence-electron chi connectivity index (χ3n) is 8.14. The highest BCUT2D eigenvalue weighted by Gasteiger charge is 2.62. The highest BCUT2D eigenvalue weighted by Crippen LogP contribution is 2.56. The van der Waals surface area contributed by atoms with E-state index in [2.05, 4.69) is 42.6 Å². The van der Waals surface area contributed by atoms with Crippen LogP contribution in [0.3, 0.4) is 0 Å². The number of hydrogen-bond acceptors (Lipinski definition) is 5. The van der Waals surface area contributed by atoms with Gasteiger partial charge in [-0.3, -0.25) is 19.6 Å². The van der Waals surface area contributed by atoms with Crippen LogP contribution in [0.25, 0.3) is 0 Å². The van der Waals surface area contributed by atoms with Gasteiger partial charge in [0, 0.05) is 6.07 Å². The number of carbonyl (C=O) groups is 2. The number of halogens is 1. The molecule has 0 saturated carbocycles. The van der Waals surface area contributed by atoms with Crippen LogP contribution < -0.4 is 14.8 Å². The lowest BCUT2D eigenvalue weighted by Gasteiger charge is -2.55. The number of rotatable bonds is 5. The van der Waals surface area contributed by atoms with Gasteiger partial charge in [0.2, 0.25) is 5.91 Å². The van der Waals surface area contributed by atoms with E-state index < -0.39 is 16.3 Å². The molecule has 1 saturated heterocycles. The van der Waals surface area contributed by atoms with Gasteiger partial charge in [0.05, 0.1) is 47.7 Å². The van der Waals surface area contributed by atoms with Crippen molar-refractivity contribution in [2.75, 3.05) is 13.7 Å². The molecule has 0 radical (unpaired) electrons. The number of hydrogen-bond donors (Lipinski definition) is 1. The number of urea groups is 1. The number of carbonyl (C=O) groups excluding carboxylic acids is 2. The molecule has 1 fully saturated rings. The minimum Gasteiger partial charge on any atom is -0.497 e. The van der Waals surface area contributed by atoms with Gasteiger partial charge in [-0.1, -0.05) is 42.0 Å². The van der Waals surface area contributed by atoms with Gasteiger partial charge < -0.3 is 14.8 Å². The van der Waals surface area contributed by atoms with Crippen molar-refractivity contribution in [1.29, 1.82) is 0 Å². The number of amides is 3. The van der Waals surface area contributed by atoms with Gasteiger partial charge in [-0.2, -0.15) is 0 Å². The lowest BCUT2D eigenvalue weighted by atomic mass is 9.67. The highest BCUT2D eigenvalue weighted by atomic mass is 35.5. The zero-order chi connectivity index (χ0) is 28.6. The van der Waals surface area contributed by atoms with Gasteiger partial charge in [-0.15, -0.1) is 11.6 Å². The number of nitrogens with one attached hydrogen (secondary N) is 1. The molecule has 8 nitrogen and oxygen atoms in total. The summed E-state index contributed by atoms with van der Waals surface area (Å²) in [5.74, 6) is 1.43. The number of benzene rings is 2. The van der Waals surface area contributed by atoms with Gasteiger partial charge in [-0.25, -0.2) is 4.79 Å². The maximum absolute atomic E-state index is 14.5. The van der Waals surface area contributed by atoms with Crippen molar-refractivity contribution in [2.45, 2.75) is 57.7 Å². The molecule has 6 rings (SSSR count). The Bertz CT molecular complexity index is 1510. The molecule has 0 spiro atoms. The summed E-state index contributed by atoms with van der Waals surface area (Å²) in [7, 11) is 1.60. The number of aryl methyl sites for hydroxylation is 1. The van der Waals surface area contributed by atoms with Crippen LogP contribution in [0.4, 0.5) is 4.79 Å². The van der Waals surface area contributed by atoms with E-state index in [0.717, 1.165) is 16.8 Å². The minimum atomic E-state index is -0.957. The fraction of sp³-hybridized carbons (Fsp3) is 0.387. The quantitative estimate of drug-likeness (QED) is 0.397. The third kappa shape index (κ3) is 3.91. The minimum absolute atomic E-state index is 0.0995. The molecule has 1 N–H and O–H groups in total. The standard InChI is InChI=1S/C31H33ClN4O4/c1-17(2)40-22-15-20(39-6)11-12-21(22)28-34-24(19-9-7-18(3)8-10-19)26-30(4)13-14-31(5,32)25-27(30)35(16-23(37)33-25)29(38)36(26)28/h7-15,17,24,26H,16H2,1-6H3,(H,33,37)/t24-,26-,30?,31?/m0/s1. The Balaban J connectivity index is 1.59. The van der Waals surface area contributed by atoms with Gasteiger partial charge in [0.15, 0.2) is 0 Å². The molecule has 3 amide bonds. The molecule has 2 aromatic carbocycles. The first-order valence-electron chi connectivity index (χ1n) is 13.5. The maximum Gasteiger partial charge on any atom is 0.330 e. The van der Waals surface area contributed by atoms with Crippen LogP contribution in [0, 0.1) is 12.3 Å². The number of nitrogens with zero attached hydrogens (tertiary/aromatic N) is 3. The average Bonchev–Trinajstić information content (AvgIpc) is 3.31. The largest absolute Gasteiger partial charge is 0.497 e. The summed E-state index contributed by atoms with van der Waals surface area (Å²) in [5, 5.41) is 2.98. The maximum atomic E-state index is 14.5. The molecule has 4 atom stereocenters. The number of amidine groups is 1. The van der Waals surface area contributed by atoms with Crippen molar-refractivity contribution in [2.24, 2.45) is 10.4 Å². The zero-order valence-corrected chi connectivity index (χ0v) is 24.2. The monoisotopic (exact) mass is 560 g/mol. The average molecular weight is 561 g/mol. The first-order chi connectivity index (χ1) is 18.9. The summed E-state index contributed by atoms with van der Waals surface area (Å²) in [6.07, 6.45) is 3.87. The second-order valence-corrected chi connectivity index (χ2v) is 12.3. The van der Waals surface area contributed by atoms with Crippen molar-refractivity contribution in [1.82, 2.24) is 15.1 Å². The Labute approximate surface area is 239 Å². The predicted octanol–water partition coefficient (Wildman–Crippen LogP) is 5.31. The van der Waals surface area contributed by atoms with E-state index in [-0.39, 0.29) is 30.6 Å². The molecule has 0 bridgehead atoms. The van der Waals surface area contributed by atoms with E-state index in [0.29, 0.717) is 28.6 Å². The molecule has 4 aliphatic rings. The van der Waals surface area contributed by atoms with Crippen LogP contribution in [-0.4, -0.2) is 58.2 Å². The Morgan fingerprint density at radius 3 is 2.50 bits per heavy atom. The molecule has 208 valence electrons. The lowest BCUT2D eigenvalue weighted by Crippen LogP contribution is -2.67. The Morgan fingerprint density at radius 1 is 1.10 bits per heavy atom. The van der Waals surface area contributed by atoms with E-state index in [1.807, 2.05) is 52.0 Å². The topological polar surface area (TPSA) is 83.5 Å². The van der Waals surface area contributed by atoms with Crippen molar-refractivity contribution in [3.05, 3.63) is 82.7 Å². The van der Waals surface area contributed by atoms with Crippen molar-refractivity contribution in [3.8, 4) is 11.5 Å². The fourth-order valence-corrected chi connectivity index (χ4v) is 6.46. The number of fused-ring (bicyclic) bond motifs is 2. The normalized spacial score (nSPS) is 28.9. The van der Waals surface area contributed by atoms with Gasteiger partial charge in [-0.05, 0) is 52.3 Å². The molecule has 9 heteroatoms. The van der Waals surface area contributed by atoms with E-state index in [1.165, 1.54) is 0 Å². The summed E-state index contributed by atoms with van der Waals surface area (Å²) in [5.41, 5.74) is 3.39. The van der Waals surface area contributed by atoms with E-state index in [4.69, 9.17) is 26.1 Å². The number of alkyl halides is 1. The Morgan fingerprint density at radius 2 is 1.82 bits per heavy atom. The second-order valence-electron chi connectivity index (χ2n) is 11.5.